The van der Waals surface area contributed by atoms with Crippen LogP contribution in [0.5, 0.6) is 23.3 Å². The van der Waals surface area contributed by atoms with Crippen molar-refractivity contribution in [1.29, 1.82) is 0 Å². The molecule has 1 aromatic heterocycles. The van der Waals surface area contributed by atoms with Crippen molar-refractivity contribution < 1.29 is 29.2 Å². The summed E-state index contributed by atoms with van der Waals surface area (Å²) in [6.07, 6.45) is 0. The van der Waals surface area contributed by atoms with Crippen molar-refractivity contribution in [3.8, 4) is 23.3 Å². The highest BCUT2D eigenvalue weighted by atomic mass is 16.5. The molecule has 1 heterocycles. The van der Waals surface area contributed by atoms with E-state index in [1.807, 2.05) is 30.3 Å². The summed E-state index contributed by atoms with van der Waals surface area (Å²) in [5.41, 5.74) is 1.10. The third-order valence-electron chi connectivity index (χ3n) is 3.53. The Morgan fingerprint density at radius 1 is 0.964 bits per heavy atom. The number of benzene rings is 2. The summed E-state index contributed by atoms with van der Waals surface area (Å²) in [5.74, 6) is -0.213. The number of esters is 1. The molecule has 0 aliphatic rings. The molecule has 145 valence electrons. The van der Waals surface area contributed by atoms with Crippen LogP contribution in [0.1, 0.15) is 15.9 Å². The molecule has 0 spiro atoms. The number of rotatable bonds is 5. The Morgan fingerprint density at radius 3 is 2.29 bits per heavy atom. The van der Waals surface area contributed by atoms with Crippen LogP contribution in [0.25, 0.3) is 0 Å². The maximum absolute atomic E-state index is 11.7. The third kappa shape index (κ3) is 6.21. The molecule has 7 heteroatoms. The van der Waals surface area contributed by atoms with Gasteiger partial charge in [-0.05, 0) is 17.7 Å². The number of phenols is 1. The quantitative estimate of drug-likeness (QED) is 0.670. The van der Waals surface area contributed by atoms with E-state index in [0.717, 1.165) is 5.56 Å². The van der Waals surface area contributed by atoms with E-state index in [2.05, 4.69) is 4.98 Å². The molecule has 28 heavy (non-hydrogen) atoms. The standard InChI is InChI=1S/C14H12O3.C7H8NO3/c15-13-9-5-4-8-12(13)14(16)17-10-11-6-2-1-3-7-11;1-10-5-3-6(9)8-7(4-5)11-2/h1-9,15H,10H2;3-4H,1-2H3. The van der Waals surface area contributed by atoms with Gasteiger partial charge in [-0.1, -0.05) is 42.5 Å². The van der Waals surface area contributed by atoms with Gasteiger partial charge in [-0.15, -0.1) is 0 Å². The minimum absolute atomic E-state index is 0.0643. The molecule has 0 amide bonds. The summed E-state index contributed by atoms with van der Waals surface area (Å²) in [7, 11) is 2.93. The monoisotopic (exact) mass is 382 g/mol. The van der Waals surface area contributed by atoms with Gasteiger partial charge in [0.05, 0.1) is 14.2 Å². The Labute approximate surface area is 162 Å². The maximum atomic E-state index is 11.7. The van der Waals surface area contributed by atoms with Crippen LogP contribution in [0.15, 0.2) is 66.7 Å². The van der Waals surface area contributed by atoms with Gasteiger partial charge in [-0.25, -0.2) is 4.79 Å². The molecule has 7 nitrogen and oxygen atoms in total. The summed E-state index contributed by atoms with van der Waals surface area (Å²) in [6, 6.07) is 18.6. The fourth-order valence-electron chi connectivity index (χ4n) is 2.13. The van der Waals surface area contributed by atoms with Gasteiger partial charge in [0.2, 0.25) is 5.88 Å². The molecule has 0 aliphatic heterocycles. The normalized spacial score (nSPS) is 9.64. The lowest BCUT2D eigenvalue weighted by atomic mass is 10.2. The number of carbonyl (C=O) groups is 1. The van der Waals surface area contributed by atoms with Crippen LogP contribution in [0.2, 0.25) is 0 Å². The average molecular weight is 382 g/mol. The molecule has 0 atom stereocenters. The number of aromatic nitrogens is 1. The molecule has 0 aliphatic carbocycles. The van der Waals surface area contributed by atoms with Crippen molar-refractivity contribution >= 4 is 5.97 Å². The van der Waals surface area contributed by atoms with E-state index in [-0.39, 0.29) is 29.7 Å². The predicted octanol–water partition coefficient (Wildman–Crippen LogP) is 3.99. The number of methoxy groups -OCH3 is 2. The lowest BCUT2D eigenvalue weighted by Crippen LogP contribution is -2.05. The minimum Gasteiger partial charge on any atom is -0.507 e. The SMILES string of the molecule is COc1cc([O])nc(OC)c1.O=C(OCc1ccccc1)c1ccccc1O. The number of aromatic hydroxyl groups is 1. The zero-order chi connectivity index (χ0) is 20.4. The number of carbonyl (C=O) groups excluding carboxylic acids is 1. The van der Waals surface area contributed by atoms with Gasteiger partial charge in [0.1, 0.15) is 23.7 Å². The Bertz CT molecular complexity index is 876. The smallest absolute Gasteiger partial charge is 0.342 e. The average Bonchev–Trinajstić information content (AvgIpc) is 2.73. The summed E-state index contributed by atoms with van der Waals surface area (Å²) >= 11 is 0. The van der Waals surface area contributed by atoms with Crippen molar-refractivity contribution in [2.45, 2.75) is 6.61 Å². The lowest BCUT2D eigenvalue weighted by molar-refractivity contribution is 0.0469. The first kappa shape index (κ1) is 20.6. The summed E-state index contributed by atoms with van der Waals surface area (Å²) in [5, 5.41) is 20.2. The first-order valence-corrected chi connectivity index (χ1v) is 8.29. The number of hydrogen-bond donors (Lipinski definition) is 1. The largest absolute Gasteiger partial charge is 0.507 e. The van der Waals surface area contributed by atoms with E-state index in [1.165, 1.54) is 32.4 Å². The predicted molar refractivity (Wildman–Crippen MR) is 101 cm³/mol. The molecular weight excluding hydrogens is 362 g/mol. The van der Waals surface area contributed by atoms with Crippen LogP contribution in [0.4, 0.5) is 0 Å². The molecule has 3 rings (SSSR count). The number of hydrogen-bond acceptors (Lipinski definition) is 6. The Balaban J connectivity index is 0.000000221. The fourth-order valence-corrected chi connectivity index (χ4v) is 2.13. The molecule has 2 aromatic carbocycles. The topological polar surface area (TPSA) is 97.8 Å². The van der Waals surface area contributed by atoms with Crippen LogP contribution in [0, 0.1) is 0 Å². The van der Waals surface area contributed by atoms with E-state index in [4.69, 9.17) is 14.2 Å². The van der Waals surface area contributed by atoms with Gasteiger partial charge < -0.3 is 19.3 Å². The van der Waals surface area contributed by atoms with Crippen molar-refractivity contribution in [3.05, 3.63) is 77.9 Å². The molecule has 3 aromatic rings. The Kier molecular flexibility index (Phi) is 7.65. The number of ether oxygens (including phenoxy) is 3. The van der Waals surface area contributed by atoms with Crippen molar-refractivity contribution in [2.75, 3.05) is 14.2 Å². The highest BCUT2D eigenvalue weighted by Gasteiger charge is 2.11. The van der Waals surface area contributed by atoms with E-state index in [1.54, 1.807) is 18.2 Å². The van der Waals surface area contributed by atoms with Gasteiger partial charge in [-0.2, -0.15) is 4.98 Å². The third-order valence-corrected chi connectivity index (χ3v) is 3.53. The first-order chi connectivity index (χ1) is 13.5. The molecule has 1 radical (unpaired) electrons. The Morgan fingerprint density at radius 2 is 1.64 bits per heavy atom. The van der Waals surface area contributed by atoms with Gasteiger partial charge in [0.25, 0.3) is 5.88 Å². The highest BCUT2D eigenvalue weighted by Crippen LogP contribution is 2.22. The van der Waals surface area contributed by atoms with Crippen LogP contribution in [-0.4, -0.2) is 30.3 Å². The van der Waals surface area contributed by atoms with Crippen molar-refractivity contribution in [2.24, 2.45) is 0 Å². The summed E-state index contributed by atoms with van der Waals surface area (Å²) in [6.45, 7) is 0.202. The lowest BCUT2D eigenvalue weighted by Gasteiger charge is -2.05. The Hall–Kier alpha value is -3.74. The molecule has 0 saturated carbocycles. The second-order valence-electron chi connectivity index (χ2n) is 5.47. The molecule has 0 unspecified atom stereocenters. The van der Waals surface area contributed by atoms with Crippen LogP contribution in [-0.2, 0) is 16.5 Å². The molecular formula is C21H20NO6. The van der Waals surface area contributed by atoms with Gasteiger partial charge in [0, 0.05) is 12.1 Å². The zero-order valence-corrected chi connectivity index (χ0v) is 15.5. The first-order valence-electron chi connectivity index (χ1n) is 8.29. The highest BCUT2D eigenvalue weighted by molar-refractivity contribution is 5.92. The molecule has 0 saturated heterocycles. The minimum atomic E-state index is -0.521. The maximum Gasteiger partial charge on any atom is 0.342 e. The molecule has 0 fully saturated rings. The zero-order valence-electron chi connectivity index (χ0n) is 15.5. The van der Waals surface area contributed by atoms with Gasteiger partial charge >= 0.3 is 5.97 Å². The molecule has 0 bridgehead atoms. The van der Waals surface area contributed by atoms with Gasteiger partial charge in [0.15, 0.2) is 0 Å². The van der Waals surface area contributed by atoms with Crippen LogP contribution >= 0.6 is 0 Å². The van der Waals surface area contributed by atoms with Crippen molar-refractivity contribution in [1.82, 2.24) is 4.98 Å². The molecule has 1 N–H and O–H groups in total. The summed E-state index contributed by atoms with van der Waals surface area (Å²) in [4.78, 5) is 15.2. The summed E-state index contributed by atoms with van der Waals surface area (Å²) < 4.78 is 14.7. The fraction of sp³-hybridized carbons (Fsp3) is 0.143. The van der Waals surface area contributed by atoms with E-state index < -0.39 is 5.97 Å². The second kappa shape index (κ2) is 10.4. The number of nitrogens with zero attached hydrogens (tertiary/aromatic N) is 1. The van der Waals surface area contributed by atoms with Gasteiger partial charge in [-0.3, -0.25) is 5.11 Å². The number of para-hydroxylation sites is 1. The van der Waals surface area contributed by atoms with E-state index in [0.29, 0.717) is 5.75 Å². The number of phenolic OH excluding ortho intramolecular Hbond substituents is 1. The van der Waals surface area contributed by atoms with E-state index >= 15 is 0 Å². The van der Waals surface area contributed by atoms with Crippen LogP contribution < -0.4 is 9.47 Å². The van der Waals surface area contributed by atoms with E-state index in [9.17, 15) is 15.0 Å². The van der Waals surface area contributed by atoms with Crippen molar-refractivity contribution in [3.63, 3.8) is 0 Å². The van der Waals surface area contributed by atoms with Crippen LogP contribution in [0.3, 0.4) is 0 Å². The number of pyridine rings is 1. The second-order valence-corrected chi connectivity index (χ2v) is 5.47.